The number of nitrogens with zero attached hydrogens (tertiary/aromatic N) is 3. The molecular weight excluding hydrogens is 366 g/mol. The average Bonchev–Trinajstić information content (AvgIpc) is 3.38. The number of amides is 2. The number of thiophene rings is 1. The number of rotatable bonds is 3. The maximum Gasteiger partial charge on any atom is 0.276 e. The van der Waals surface area contributed by atoms with Crippen molar-refractivity contribution in [3.63, 3.8) is 0 Å². The Morgan fingerprint density at radius 1 is 1.11 bits per heavy atom. The molecule has 2 aliphatic rings. The Kier molecular flexibility index (Phi) is 5.27. The molecule has 0 N–H and O–H groups in total. The standard InChI is InChI=1S/C19H23N3O4S/c1-13-16(19(24)22-8-10-25-11-9-22)20-17(26-13)14-4-6-21(7-5-14)18(23)15-3-2-12-27-15/h2-3,12,14H,4-11H2,1H3. The van der Waals surface area contributed by atoms with Gasteiger partial charge in [0.1, 0.15) is 5.76 Å². The first-order valence-electron chi connectivity index (χ1n) is 9.30. The number of oxazole rings is 1. The van der Waals surface area contributed by atoms with Crippen molar-refractivity contribution in [1.82, 2.24) is 14.8 Å². The predicted molar refractivity (Wildman–Crippen MR) is 100 cm³/mol. The van der Waals surface area contributed by atoms with Gasteiger partial charge in [-0.05, 0) is 31.2 Å². The molecule has 2 fully saturated rings. The SMILES string of the molecule is Cc1oc(C2CCN(C(=O)c3cccs3)CC2)nc1C(=O)N1CCOCC1. The number of piperidine rings is 1. The van der Waals surface area contributed by atoms with Gasteiger partial charge in [0, 0.05) is 32.1 Å². The van der Waals surface area contributed by atoms with Crippen molar-refractivity contribution >= 4 is 23.2 Å². The molecule has 4 heterocycles. The lowest BCUT2D eigenvalue weighted by Gasteiger charge is -2.30. The van der Waals surface area contributed by atoms with Crippen molar-refractivity contribution in [2.45, 2.75) is 25.7 Å². The van der Waals surface area contributed by atoms with E-state index >= 15 is 0 Å². The number of hydrogen-bond acceptors (Lipinski definition) is 6. The molecule has 144 valence electrons. The van der Waals surface area contributed by atoms with Crippen LogP contribution in [0.4, 0.5) is 0 Å². The fourth-order valence-corrected chi connectivity index (χ4v) is 4.28. The third-order valence-electron chi connectivity index (χ3n) is 5.18. The molecule has 0 bridgehead atoms. The van der Waals surface area contributed by atoms with E-state index < -0.39 is 0 Å². The molecule has 0 unspecified atom stereocenters. The van der Waals surface area contributed by atoms with E-state index in [1.807, 2.05) is 22.4 Å². The second kappa shape index (κ2) is 7.82. The molecule has 0 radical (unpaired) electrons. The van der Waals surface area contributed by atoms with Gasteiger partial charge >= 0.3 is 0 Å². The molecule has 7 nitrogen and oxygen atoms in total. The van der Waals surface area contributed by atoms with Gasteiger partial charge in [0.25, 0.3) is 11.8 Å². The molecule has 27 heavy (non-hydrogen) atoms. The molecule has 0 atom stereocenters. The van der Waals surface area contributed by atoms with Gasteiger partial charge in [0.2, 0.25) is 0 Å². The Morgan fingerprint density at radius 2 is 1.81 bits per heavy atom. The van der Waals surface area contributed by atoms with Gasteiger partial charge in [-0.3, -0.25) is 9.59 Å². The van der Waals surface area contributed by atoms with Gasteiger partial charge in [-0.1, -0.05) is 6.07 Å². The summed E-state index contributed by atoms with van der Waals surface area (Å²) < 4.78 is 11.1. The summed E-state index contributed by atoms with van der Waals surface area (Å²) >= 11 is 1.47. The number of aromatic nitrogens is 1. The van der Waals surface area contributed by atoms with E-state index in [0.29, 0.717) is 56.7 Å². The molecule has 4 rings (SSSR count). The van der Waals surface area contributed by atoms with E-state index in [1.54, 1.807) is 11.8 Å². The second-order valence-electron chi connectivity index (χ2n) is 6.91. The number of ether oxygens (including phenoxy) is 1. The maximum atomic E-state index is 12.7. The van der Waals surface area contributed by atoms with Crippen molar-refractivity contribution in [1.29, 1.82) is 0 Å². The smallest absolute Gasteiger partial charge is 0.276 e. The van der Waals surface area contributed by atoms with E-state index in [-0.39, 0.29) is 17.7 Å². The first-order valence-corrected chi connectivity index (χ1v) is 10.2. The average molecular weight is 389 g/mol. The van der Waals surface area contributed by atoms with Crippen LogP contribution >= 0.6 is 11.3 Å². The molecule has 2 aliphatic heterocycles. The van der Waals surface area contributed by atoms with Gasteiger partial charge < -0.3 is 19.0 Å². The highest BCUT2D eigenvalue weighted by Gasteiger charge is 2.30. The Balaban J connectivity index is 1.40. The van der Waals surface area contributed by atoms with Crippen molar-refractivity contribution in [3.05, 3.63) is 39.7 Å². The highest BCUT2D eigenvalue weighted by molar-refractivity contribution is 7.12. The molecule has 0 aromatic carbocycles. The van der Waals surface area contributed by atoms with Gasteiger partial charge in [-0.15, -0.1) is 11.3 Å². The summed E-state index contributed by atoms with van der Waals surface area (Å²) in [4.78, 5) is 34.1. The highest BCUT2D eigenvalue weighted by Crippen LogP contribution is 2.30. The first kappa shape index (κ1) is 18.2. The lowest BCUT2D eigenvalue weighted by atomic mass is 9.96. The molecule has 2 saturated heterocycles. The fraction of sp³-hybridized carbons (Fsp3) is 0.526. The summed E-state index contributed by atoms with van der Waals surface area (Å²) in [5.74, 6) is 1.33. The number of hydrogen-bond donors (Lipinski definition) is 0. The van der Waals surface area contributed by atoms with Gasteiger partial charge in [0.05, 0.1) is 18.1 Å². The lowest BCUT2D eigenvalue weighted by Crippen LogP contribution is -2.41. The van der Waals surface area contributed by atoms with Crippen LogP contribution in [0.1, 0.15) is 50.6 Å². The van der Waals surface area contributed by atoms with Gasteiger partial charge in [0.15, 0.2) is 11.6 Å². The highest BCUT2D eigenvalue weighted by atomic mass is 32.1. The fourth-order valence-electron chi connectivity index (χ4n) is 3.59. The van der Waals surface area contributed by atoms with Crippen LogP contribution in [-0.4, -0.2) is 66.0 Å². The normalized spacial score (nSPS) is 18.7. The zero-order valence-electron chi connectivity index (χ0n) is 15.3. The summed E-state index contributed by atoms with van der Waals surface area (Å²) in [6.45, 7) is 5.44. The Labute approximate surface area is 161 Å². The van der Waals surface area contributed by atoms with E-state index in [9.17, 15) is 9.59 Å². The summed E-state index contributed by atoms with van der Waals surface area (Å²) in [5, 5.41) is 1.92. The third-order valence-corrected chi connectivity index (χ3v) is 6.04. The van der Waals surface area contributed by atoms with Crippen molar-refractivity contribution in [2.24, 2.45) is 0 Å². The van der Waals surface area contributed by atoms with E-state index in [2.05, 4.69) is 4.98 Å². The van der Waals surface area contributed by atoms with Gasteiger partial charge in [-0.25, -0.2) is 4.98 Å². The molecular formula is C19H23N3O4S. The maximum absolute atomic E-state index is 12.7. The number of carbonyl (C=O) groups excluding carboxylic acids is 2. The van der Waals surface area contributed by atoms with E-state index in [4.69, 9.17) is 9.15 Å². The van der Waals surface area contributed by atoms with Crippen LogP contribution < -0.4 is 0 Å². The topological polar surface area (TPSA) is 75.9 Å². The minimum atomic E-state index is -0.0869. The quantitative estimate of drug-likeness (QED) is 0.806. The van der Waals surface area contributed by atoms with Crippen LogP contribution in [0.15, 0.2) is 21.9 Å². The Bertz CT molecular complexity index is 803. The molecule has 2 amide bonds. The van der Waals surface area contributed by atoms with Crippen molar-refractivity contribution < 1.29 is 18.7 Å². The summed E-state index contributed by atoms with van der Waals surface area (Å²) in [5.41, 5.74) is 0.406. The van der Waals surface area contributed by atoms with Crippen LogP contribution in [0.3, 0.4) is 0 Å². The number of likely N-dealkylation sites (tertiary alicyclic amines) is 1. The van der Waals surface area contributed by atoms with Crippen LogP contribution in [0.2, 0.25) is 0 Å². The minimum Gasteiger partial charge on any atom is -0.445 e. The van der Waals surface area contributed by atoms with Crippen molar-refractivity contribution in [3.8, 4) is 0 Å². The number of aryl methyl sites for hydroxylation is 1. The zero-order chi connectivity index (χ0) is 18.8. The molecule has 0 spiro atoms. The Hall–Kier alpha value is -2.19. The monoisotopic (exact) mass is 389 g/mol. The second-order valence-corrected chi connectivity index (χ2v) is 7.85. The minimum absolute atomic E-state index is 0.0869. The van der Waals surface area contributed by atoms with Crippen LogP contribution in [0, 0.1) is 6.92 Å². The molecule has 0 saturated carbocycles. The third kappa shape index (κ3) is 3.77. The summed E-state index contributed by atoms with van der Waals surface area (Å²) in [6, 6.07) is 3.76. The van der Waals surface area contributed by atoms with Crippen LogP contribution in [0.5, 0.6) is 0 Å². The first-order chi connectivity index (χ1) is 13.1. The largest absolute Gasteiger partial charge is 0.445 e. The van der Waals surface area contributed by atoms with Crippen molar-refractivity contribution in [2.75, 3.05) is 39.4 Å². The lowest BCUT2D eigenvalue weighted by molar-refractivity contribution is 0.0298. The summed E-state index contributed by atoms with van der Waals surface area (Å²) in [7, 11) is 0. The van der Waals surface area contributed by atoms with Gasteiger partial charge in [-0.2, -0.15) is 0 Å². The number of morpholine rings is 1. The molecule has 2 aromatic rings. The zero-order valence-corrected chi connectivity index (χ0v) is 16.2. The van der Waals surface area contributed by atoms with Crippen LogP contribution in [0.25, 0.3) is 0 Å². The summed E-state index contributed by atoms with van der Waals surface area (Å²) in [6.07, 6.45) is 1.59. The molecule has 2 aromatic heterocycles. The predicted octanol–water partition coefficient (Wildman–Crippen LogP) is 2.54. The van der Waals surface area contributed by atoms with Crippen LogP contribution in [-0.2, 0) is 4.74 Å². The molecule has 0 aliphatic carbocycles. The molecule has 8 heteroatoms. The van der Waals surface area contributed by atoms with E-state index in [0.717, 1.165) is 17.7 Å². The number of carbonyl (C=O) groups is 2. The Morgan fingerprint density at radius 3 is 2.48 bits per heavy atom. The van der Waals surface area contributed by atoms with E-state index in [1.165, 1.54) is 11.3 Å².